The third-order valence-electron chi connectivity index (χ3n) is 4.22. The van der Waals surface area contributed by atoms with E-state index < -0.39 is 5.82 Å². The van der Waals surface area contributed by atoms with E-state index >= 15 is 0 Å². The number of rotatable bonds is 3. The molecule has 1 saturated heterocycles. The maximum absolute atomic E-state index is 13.0. The van der Waals surface area contributed by atoms with E-state index in [9.17, 15) is 9.50 Å². The normalized spacial score (nSPS) is 24.1. The Balaban J connectivity index is 2.12. The molecule has 0 spiro atoms. The van der Waals surface area contributed by atoms with Gasteiger partial charge >= 0.3 is 0 Å². The van der Waals surface area contributed by atoms with Crippen LogP contribution in [0, 0.1) is 11.7 Å². The van der Waals surface area contributed by atoms with Gasteiger partial charge in [0.15, 0.2) is 0 Å². The number of nitrogens with two attached hydrogens (primary N) is 1. The Labute approximate surface area is 114 Å². The van der Waals surface area contributed by atoms with Crippen molar-refractivity contribution in [3.8, 4) is 5.75 Å². The molecule has 0 aromatic heterocycles. The van der Waals surface area contributed by atoms with Crippen molar-refractivity contribution >= 4 is 0 Å². The van der Waals surface area contributed by atoms with Gasteiger partial charge in [-0.25, -0.2) is 4.39 Å². The van der Waals surface area contributed by atoms with Crippen LogP contribution in [0.5, 0.6) is 5.75 Å². The number of phenols is 1. The molecular weight excluding hydrogens is 243 g/mol. The van der Waals surface area contributed by atoms with Crippen LogP contribution in [0.2, 0.25) is 0 Å². The van der Waals surface area contributed by atoms with Crippen LogP contribution in [0.4, 0.5) is 4.39 Å². The van der Waals surface area contributed by atoms with Crippen molar-refractivity contribution < 1.29 is 9.50 Å². The fraction of sp³-hybridized carbons (Fsp3) is 0.600. The van der Waals surface area contributed by atoms with Crippen LogP contribution in [0.25, 0.3) is 0 Å². The van der Waals surface area contributed by atoms with Crippen molar-refractivity contribution in [1.29, 1.82) is 0 Å². The predicted octanol–water partition coefficient (Wildman–Crippen LogP) is 2.65. The molecule has 1 aliphatic rings. The van der Waals surface area contributed by atoms with Crippen molar-refractivity contribution in [3.05, 3.63) is 29.6 Å². The van der Waals surface area contributed by atoms with Gasteiger partial charge in [-0.15, -0.1) is 0 Å². The topological polar surface area (TPSA) is 49.5 Å². The Kier molecular flexibility index (Phi) is 4.42. The number of phenolic OH excluding ortho intramolecular Hbond substituents is 1. The summed E-state index contributed by atoms with van der Waals surface area (Å²) in [5.41, 5.74) is 6.78. The van der Waals surface area contributed by atoms with Gasteiger partial charge in [-0.05, 0) is 45.2 Å². The molecule has 3 atom stereocenters. The Morgan fingerprint density at radius 1 is 1.42 bits per heavy atom. The summed E-state index contributed by atoms with van der Waals surface area (Å²) in [6.07, 6.45) is 2.29. The van der Waals surface area contributed by atoms with Gasteiger partial charge in [0, 0.05) is 30.3 Å². The van der Waals surface area contributed by atoms with E-state index in [1.807, 2.05) is 6.92 Å². The van der Waals surface area contributed by atoms with Gasteiger partial charge < -0.3 is 10.8 Å². The molecule has 0 bridgehead atoms. The van der Waals surface area contributed by atoms with Gasteiger partial charge in [-0.1, -0.05) is 6.07 Å². The Morgan fingerprint density at radius 2 is 2.16 bits per heavy atom. The summed E-state index contributed by atoms with van der Waals surface area (Å²) in [6, 6.07) is 4.53. The minimum absolute atomic E-state index is 0.0374. The van der Waals surface area contributed by atoms with Gasteiger partial charge in [0.05, 0.1) is 0 Å². The number of benzene rings is 1. The second-order valence-corrected chi connectivity index (χ2v) is 5.64. The maximum Gasteiger partial charge on any atom is 0.126 e. The fourth-order valence-corrected chi connectivity index (χ4v) is 2.89. The summed E-state index contributed by atoms with van der Waals surface area (Å²) in [5, 5.41) is 9.88. The zero-order valence-corrected chi connectivity index (χ0v) is 11.6. The molecule has 1 aliphatic heterocycles. The molecule has 1 aromatic carbocycles. The van der Waals surface area contributed by atoms with Crippen molar-refractivity contribution in [3.63, 3.8) is 0 Å². The van der Waals surface area contributed by atoms with Crippen molar-refractivity contribution in [2.75, 3.05) is 13.1 Å². The number of piperidine rings is 1. The molecule has 0 aliphatic carbocycles. The van der Waals surface area contributed by atoms with Crippen molar-refractivity contribution in [2.45, 2.75) is 38.8 Å². The van der Waals surface area contributed by atoms with Gasteiger partial charge in [-0.3, -0.25) is 4.90 Å². The van der Waals surface area contributed by atoms with E-state index in [0.717, 1.165) is 31.5 Å². The van der Waals surface area contributed by atoms with Crippen LogP contribution in [-0.4, -0.2) is 29.1 Å². The number of hydrogen-bond donors (Lipinski definition) is 2. The summed E-state index contributed by atoms with van der Waals surface area (Å²) < 4.78 is 13.0. The van der Waals surface area contributed by atoms with Crippen LogP contribution < -0.4 is 5.73 Å². The number of nitrogens with zero attached hydrogens (tertiary/aromatic N) is 1. The van der Waals surface area contributed by atoms with Crippen LogP contribution in [-0.2, 0) is 0 Å². The quantitative estimate of drug-likeness (QED) is 0.884. The SMILES string of the molecule is CC(N)C1CCCN(C(C)c2ccc(F)cc2O)C1. The number of hydrogen-bond acceptors (Lipinski definition) is 3. The second kappa shape index (κ2) is 5.88. The van der Waals surface area contributed by atoms with E-state index in [4.69, 9.17) is 5.73 Å². The third kappa shape index (κ3) is 3.25. The molecule has 1 aromatic rings. The molecule has 106 valence electrons. The highest BCUT2D eigenvalue weighted by atomic mass is 19.1. The minimum atomic E-state index is -0.402. The number of aromatic hydroxyl groups is 1. The highest BCUT2D eigenvalue weighted by molar-refractivity contribution is 5.35. The molecule has 3 N–H and O–H groups in total. The number of halogens is 1. The zero-order chi connectivity index (χ0) is 14.0. The molecule has 0 radical (unpaired) electrons. The summed E-state index contributed by atoms with van der Waals surface area (Å²) in [7, 11) is 0. The lowest BCUT2D eigenvalue weighted by atomic mass is 9.90. The highest BCUT2D eigenvalue weighted by Crippen LogP contribution is 2.32. The molecule has 19 heavy (non-hydrogen) atoms. The first-order valence-electron chi connectivity index (χ1n) is 6.97. The lowest BCUT2D eigenvalue weighted by Crippen LogP contribution is -2.43. The minimum Gasteiger partial charge on any atom is -0.508 e. The maximum atomic E-state index is 13.0. The Morgan fingerprint density at radius 3 is 2.79 bits per heavy atom. The standard InChI is InChI=1S/C15H23FN2O/c1-10(17)12-4-3-7-18(9-12)11(2)14-6-5-13(16)8-15(14)19/h5-6,8,10-12,19H,3-4,7,9,17H2,1-2H3. The third-order valence-corrected chi connectivity index (χ3v) is 4.22. The largest absolute Gasteiger partial charge is 0.508 e. The zero-order valence-electron chi connectivity index (χ0n) is 11.6. The van der Waals surface area contributed by atoms with E-state index in [2.05, 4.69) is 11.8 Å². The summed E-state index contributed by atoms with van der Waals surface area (Å²) in [4.78, 5) is 2.32. The Hall–Kier alpha value is -1.13. The van der Waals surface area contributed by atoms with Crippen LogP contribution in [0.15, 0.2) is 18.2 Å². The lowest BCUT2D eigenvalue weighted by Gasteiger charge is -2.38. The second-order valence-electron chi connectivity index (χ2n) is 5.64. The van der Waals surface area contributed by atoms with Gasteiger partial charge in [0.25, 0.3) is 0 Å². The van der Waals surface area contributed by atoms with E-state index in [1.165, 1.54) is 12.1 Å². The van der Waals surface area contributed by atoms with Crippen molar-refractivity contribution in [1.82, 2.24) is 4.90 Å². The first kappa shape index (κ1) is 14.3. The van der Waals surface area contributed by atoms with Gasteiger partial charge in [0.2, 0.25) is 0 Å². The summed E-state index contributed by atoms with van der Waals surface area (Å²) in [6.45, 7) is 6.04. The molecule has 1 heterocycles. The van der Waals surface area contributed by atoms with E-state index in [1.54, 1.807) is 6.07 Å². The summed E-state index contributed by atoms with van der Waals surface area (Å²) in [5.74, 6) is 0.134. The average molecular weight is 266 g/mol. The first-order valence-corrected chi connectivity index (χ1v) is 6.97. The van der Waals surface area contributed by atoms with Crippen LogP contribution >= 0.6 is 0 Å². The molecule has 2 rings (SSSR count). The van der Waals surface area contributed by atoms with Gasteiger partial charge in [-0.2, -0.15) is 0 Å². The molecule has 0 saturated carbocycles. The number of likely N-dealkylation sites (tertiary alicyclic amines) is 1. The summed E-state index contributed by atoms with van der Waals surface area (Å²) >= 11 is 0. The molecule has 0 amide bonds. The van der Waals surface area contributed by atoms with E-state index in [0.29, 0.717) is 5.92 Å². The van der Waals surface area contributed by atoms with Crippen molar-refractivity contribution in [2.24, 2.45) is 11.7 Å². The first-order chi connectivity index (χ1) is 8.99. The van der Waals surface area contributed by atoms with Gasteiger partial charge in [0.1, 0.15) is 11.6 Å². The molecule has 3 unspecified atom stereocenters. The molecule has 1 fully saturated rings. The lowest BCUT2D eigenvalue weighted by molar-refractivity contribution is 0.120. The predicted molar refractivity (Wildman–Crippen MR) is 74.4 cm³/mol. The van der Waals surface area contributed by atoms with E-state index in [-0.39, 0.29) is 17.8 Å². The Bertz CT molecular complexity index is 436. The van der Waals surface area contributed by atoms with Crippen LogP contribution in [0.3, 0.4) is 0 Å². The molecule has 3 nitrogen and oxygen atoms in total. The van der Waals surface area contributed by atoms with Crippen LogP contribution in [0.1, 0.15) is 38.3 Å². The smallest absolute Gasteiger partial charge is 0.126 e. The molecule has 4 heteroatoms. The average Bonchev–Trinajstić information content (AvgIpc) is 2.38. The monoisotopic (exact) mass is 266 g/mol. The fourth-order valence-electron chi connectivity index (χ4n) is 2.89. The molecular formula is C15H23FN2O. The highest BCUT2D eigenvalue weighted by Gasteiger charge is 2.27.